The van der Waals surface area contributed by atoms with Crippen LogP contribution in [0.25, 0.3) is 0 Å². The monoisotopic (exact) mass is 279 g/mol. The van der Waals surface area contributed by atoms with E-state index in [1.807, 2.05) is 6.92 Å². The Balaban J connectivity index is 1.98. The maximum Gasteiger partial charge on any atom is 0.242 e. The summed E-state index contributed by atoms with van der Waals surface area (Å²) in [5.41, 5.74) is 6.27. The van der Waals surface area contributed by atoms with Gasteiger partial charge in [-0.25, -0.2) is 4.98 Å². The van der Waals surface area contributed by atoms with Gasteiger partial charge in [0.05, 0.1) is 6.61 Å². The topological polar surface area (TPSA) is 102 Å². The Morgan fingerprint density at radius 3 is 2.95 bits per heavy atom. The fraction of sp³-hybridized carbons (Fsp3) is 0.615. The van der Waals surface area contributed by atoms with Gasteiger partial charge in [0, 0.05) is 6.04 Å². The molecule has 1 saturated carbocycles. The van der Waals surface area contributed by atoms with Gasteiger partial charge in [0.15, 0.2) is 5.82 Å². The van der Waals surface area contributed by atoms with E-state index < -0.39 is 6.04 Å². The van der Waals surface area contributed by atoms with Crippen molar-refractivity contribution in [3.63, 3.8) is 0 Å². The summed E-state index contributed by atoms with van der Waals surface area (Å²) in [5.74, 6) is 0.713. The van der Waals surface area contributed by atoms with Gasteiger partial charge in [-0.1, -0.05) is 6.92 Å². The predicted octanol–water partition coefficient (Wildman–Crippen LogP) is 0.927. The minimum atomic E-state index is -0.410. The number of ether oxygens (including phenoxy) is 1. The summed E-state index contributed by atoms with van der Waals surface area (Å²) < 4.78 is 5.43. The van der Waals surface area contributed by atoms with Crippen molar-refractivity contribution in [3.8, 4) is 5.88 Å². The van der Waals surface area contributed by atoms with Crippen molar-refractivity contribution < 1.29 is 9.53 Å². The molecule has 1 heterocycles. The molecule has 7 heteroatoms. The van der Waals surface area contributed by atoms with Gasteiger partial charge in [0.2, 0.25) is 11.8 Å². The van der Waals surface area contributed by atoms with Crippen LogP contribution in [0.15, 0.2) is 6.33 Å². The largest absolute Gasteiger partial charge is 0.476 e. The first-order valence-corrected chi connectivity index (χ1v) is 6.92. The second-order valence-corrected chi connectivity index (χ2v) is 4.94. The molecule has 1 aliphatic carbocycles. The van der Waals surface area contributed by atoms with Crippen LogP contribution >= 0.6 is 0 Å². The molecule has 0 bridgehead atoms. The summed E-state index contributed by atoms with van der Waals surface area (Å²) in [6.07, 6.45) is 4.35. The molecule has 0 saturated heterocycles. The zero-order valence-corrected chi connectivity index (χ0v) is 11.8. The fourth-order valence-corrected chi connectivity index (χ4v) is 1.63. The molecule has 20 heavy (non-hydrogen) atoms. The van der Waals surface area contributed by atoms with Gasteiger partial charge >= 0.3 is 0 Å². The number of carbonyl (C=O) groups is 1. The molecule has 0 aromatic carbocycles. The Bertz CT molecular complexity index is 476. The molecule has 7 nitrogen and oxygen atoms in total. The molecule has 110 valence electrons. The third kappa shape index (κ3) is 3.72. The van der Waals surface area contributed by atoms with Crippen LogP contribution in [0.4, 0.5) is 11.5 Å². The van der Waals surface area contributed by atoms with E-state index in [2.05, 4.69) is 20.6 Å². The molecular weight excluding hydrogens is 258 g/mol. The Morgan fingerprint density at radius 1 is 1.55 bits per heavy atom. The number of rotatable bonds is 7. The summed E-state index contributed by atoms with van der Waals surface area (Å²) in [7, 11) is 0. The first kappa shape index (κ1) is 14.4. The average Bonchev–Trinajstić information content (AvgIpc) is 3.23. The highest BCUT2D eigenvalue weighted by Crippen LogP contribution is 2.25. The second-order valence-electron chi connectivity index (χ2n) is 4.94. The average molecular weight is 279 g/mol. The van der Waals surface area contributed by atoms with E-state index in [1.54, 1.807) is 6.92 Å². The maximum absolute atomic E-state index is 11.9. The van der Waals surface area contributed by atoms with E-state index in [9.17, 15) is 4.79 Å². The number of anilines is 2. The highest BCUT2D eigenvalue weighted by molar-refractivity contribution is 5.85. The van der Waals surface area contributed by atoms with Gasteiger partial charge < -0.3 is 21.1 Å². The van der Waals surface area contributed by atoms with Gasteiger partial charge in [0.25, 0.3) is 0 Å². The van der Waals surface area contributed by atoms with Crippen LogP contribution in [0, 0.1) is 0 Å². The second kappa shape index (κ2) is 6.40. The van der Waals surface area contributed by atoms with Crippen molar-refractivity contribution in [2.24, 2.45) is 0 Å². The first-order chi connectivity index (χ1) is 9.61. The lowest BCUT2D eigenvalue weighted by molar-refractivity contribution is -0.121. The van der Waals surface area contributed by atoms with Crippen molar-refractivity contribution in [3.05, 3.63) is 6.33 Å². The molecule has 1 fully saturated rings. The van der Waals surface area contributed by atoms with Gasteiger partial charge in [0.1, 0.15) is 18.1 Å². The van der Waals surface area contributed by atoms with Crippen molar-refractivity contribution in [1.82, 2.24) is 15.3 Å². The third-order valence-electron chi connectivity index (χ3n) is 2.96. The van der Waals surface area contributed by atoms with Gasteiger partial charge in [-0.05, 0) is 26.2 Å². The van der Waals surface area contributed by atoms with Crippen molar-refractivity contribution >= 4 is 17.4 Å². The summed E-state index contributed by atoms with van der Waals surface area (Å²) >= 11 is 0. The summed E-state index contributed by atoms with van der Waals surface area (Å²) in [5, 5.41) is 5.92. The lowest BCUT2D eigenvalue weighted by Crippen LogP contribution is -2.39. The Kier molecular flexibility index (Phi) is 4.60. The van der Waals surface area contributed by atoms with E-state index >= 15 is 0 Å². The molecule has 4 N–H and O–H groups in total. The highest BCUT2D eigenvalue weighted by atomic mass is 16.5. The fourth-order valence-electron chi connectivity index (χ4n) is 1.63. The number of amides is 1. The Morgan fingerprint density at radius 2 is 2.30 bits per heavy atom. The maximum atomic E-state index is 11.9. The lowest BCUT2D eigenvalue weighted by Gasteiger charge is -2.16. The summed E-state index contributed by atoms with van der Waals surface area (Å²) in [6, 6.07) is -0.0789. The van der Waals surface area contributed by atoms with Crippen LogP contribution in [0.2, 0.25) is 0 Å². The summed E-state index contributed by atoms with van der Waals surface area (Å²) in [6.45, 7) is 4.31. The van der Waals surface area contributed by atoms with Crippen LogP contribution < -0.4 is 21.1 Å². The third-order valence-corrected chi connectivity index (χ3v) is 2.96. The van der Waals surface area contributed by atoms with Crippen molar-refractivity contribution in [2.75, 3.05) is 17.7 Å². The number of nitrogens with two attached hydrogens (primary N) is 1. The van der Waals surface area contributed by atoms with E-state index in [0.29, 0.717) is 30.0 Å². The SMILES string of the molecule is CCCOc1ncnc(NC(C)C(=O)NC2CC2)c1N. The normalized spacial score (nSPS) is 15.5. The molecule has 0 aliphatic heterocycles. The Hall–Kier alpha value is -2.05. The molecule has 1 aromatic rings. The van der Waals surface area contributed by atoms with Crippen LogP contribution in [0.5, 0.6) is 5.88 Å². The minimum absolute atomic E-state index is 0.0541. The highest BCUT2D eigenvalue weighted by Gasteiger charge is 2.26. The van der Waals surface area contributed by atoms with Crippen LogP contribution in [-0.2, 0) is 4.79 Å². The van der Waals surface area contributed by atoms with Crippen LogP contribution in [0.3, 0.4) is 0 Å². The molecule has 0 radical (unpaired) electrons. The molecule has 1 aromatic heterocycles. The molecule has 1 amide bonds. The number of carbonyl (C=O) groups excluding carboxylic acids is 1. The smallest absolute Gasteiger partial charge is 0.242 e. The predicted molar refractivity (Wildman–Crippen MR) is 76.5 cm³/mol. The van der Waals surface area contributed by atoms with Gasteiger partial charge in [-0.15, -0.1) is 0 Å². The van der Waals surface area contributed by atoms with E-state index in [4.69, 9.17) is 10.5 Å². The number of nitrogens with one attached hydrogen (secondary N) is 2. The number of hydrogen-bond acceptors (Lipinski definition) is 6. The zero-order valence-electron chi connectivity index (χ0n) is 11.8. The standard InChI is InChI=1S/C13H21N5O2/c1-3-6-20-13-10(14)11(15-7-16-13)17-8(2)12(19)18-9-4-5-9/h7-9H,3-6,14H2,1-2H3,(H,18,19)(H,15,16,17). The first-order valence-electron chi connectivity index (χ1n) is 6.92. The zero-order chi connectivity index (χ0) is 14.5. The summed E-state index contributed by atoms with van der Waals surface area (Å²) in [4.78, 5) is 19.9. The van der Waals surface area contributed by atoms with Gasteiger partial charge in [-0.3, -0.25) is 4.79 Å². The van der Waals surface area contributed by atoms with Gasteiger partial charge in [-0.2, -0.15) is 4.98 Å². The number of nitrogens with zero attached hydrogens (tertiary/aromatic N) is 2. The molecule has 0 spiro atoms. The van der Waals surface area contributed by atoms with E-state index in [-0.39, 0.29) is 5.91 Å². The molecule has 1 aliphatic rings. The molecule has 1 unspecified atom stereocenters. The van der Waals surface area contributed by atoms with E-state index in [0.717, 1.165) is 19.3 Å². The number of aromatic nitrogens is 2. The minimum Gasteiger partial charge on any atom is -0.476 e. The van der Waals surface area contributed by atoms with Crippen LogP contribution in [-0.4, -0.2) is 34.6 Å². The van der Waals surface area contributed by atoms with E-state index in [1.165, 1.54) is 6.33 Å². The number of hydrogen-bond donors (Lipinski definition) is 3. The van der Waals surface area contributed by atoms with Crippen molar-refractivity contribution in [1.29, 1.82) is 0 Å². The van der Waals surface area contributed by atoms with Crippen molar-refractivity contribution in [2.45, 2.75) is 45.2 Å². The van der Waals surface area contributed by atoms with Crippen LogP contribution in [0.1, 0.15) is 33.1 Å². The molecule has 2 rings (SSSR count). The quantitative estimate of drug-likeness (QED) is 0.686. The lowest BCUT2D eigenvalue weighted by atomic mass is 10.3. The molecule has 1 atom stereocenters. The Labute approximate surface area is 118 Å². The number of nitrogen functional groups attached to an aromatic ring is 1. The molecular formula is C13H21N5O2.